The third kappa shape index (κ3) is 4.47. The first kappa shape index (κ1) is 14.8. The molecule has 0 spiro atoms. The number of rotatable bonds is 5. The average molecular weight is 354 g/mol. The second-order valence-corrected chi connectivity index (χ2v) is 7.12. The first-order valence-electron chi connectivity index (χ1n) is 6.12. The van der Waals surface area contributed by atoms with E-state index < -0.39 is 0 Å². The summed E-state index contributed by atoms with van der Waals surface area (Å²) < 4.78 is 7.17. The van der Waals surface area contributed by atoms with Crippen LogP contribution in [0, 0.1) is 0 Å². The van der Waals surface area contributed by atoms with Crippen LogP contribution in [0.25, 0.3) is 0 Å². The van der Waals surface area contributed by atoms with Gasteiger partial charge in [0.25, 0.3) is 0 Å². The monoisotopic (exact) mass is 352 g/mol. The van der Waals surface area contributed by atoms with Crippen LogP contribution in [0.4, 0.5) is 0 Å². The fourth-order valence-electron chi connectivity index (χ4n) is 1.99. The van der Waals surface area contributed by atoms with Crippen LogP contribution < -0.4 is 5.32 Å². The van der Waals surface area contributed by atoms with E-state index in [0.29, 0.717) is 6.04 Å². The van der Waals surface area contributed by atoms with E-state index in [1.54, 1.807) is 11.3 Å². The Morgan fingerprint density at radius 2 is 2.28 bits per heavy atom. The molecule has 1 atom stereocenters. The Morgan fingerprint density at radius 1 is 1.56 bits per heavy atom. The molecule has 1 aliphatic rings. The van der Waals surface area contributed by atoms with Crippen molar-refractivity contribution in [2.24, 2.45) is 0 Å². The Hall–Kier alpha value is 0.350. The fourth-order valence-corrected chi connectivity index (χ4v) is 3.73. The van der Waals surface area contributed by atoms with Crippen LogP contribution in [-0.2, 0) is 11.3 Å². The van der Waals surface area contributed by atoms with Crippen molar-refractivity contribution in [2.75, 3.05) is 32.8 Å². The van der Waals surface area contributed by atoms with E-state index in [2.05, 4.69) is 39.1 Å². The minimum absolute atomic E-state index is 0.475. The van der Waals surface area contributed by atoms with Gasteiger partial charge >= 0.3 is 0 Å². The number of hydrogen-bond acceptors (Lipinski definition) is 4. The van der Waals surface area contributed by atoms with Crippen molar-refractivity contribution in [2.45, 2.75) is 19.5 Å². The van der Waals surface area contributed by atoms with Crippen molar-refractivity contribution >= 4 is 38.9 Å². The minimum atomic E-state index is 0.475. The van der Waals surface area contributed by atoms with E-state index in [1.807, 2.05) is 0 Å². The van der Waals surface area contributed by atoms with Gasteiger partial charge in [0, 0.05) is 41.6 Å². The molecule has 1 aromatic rings. The zero-order chi connectivity index (χ0) is 13.0. The van der Waals surface area contributed by atoms with Gasteiger partial charge in [0.1, 0.15) is 4.34 Å². The van der Waals surface area contributed by atoms with Crippen LogP contribution in [0.15, 0.2) is 10.5 Å². The van der Waals surface area contributed by atoms with E-state index in [4.69, 9.17) is 16.3 Å². The molecule has 1 aliphatic heterocycles. The maximum absolute atomic E-state index is 6.02. The summed E-state index contributed by atoms with van der Waals surface area (Å²) in [6, 6.07) is 2.56. The zero-order valence-electron chi connectivity index (χ0n) is 10.4. The van der Waals surface area contributed by atoms with Gasteiger partial charge in [-0.2, -0.15) is 0 Å². The molecule has 0 aliphatic carbocycles. The van der Waals surface area contributed by atoms with E-state index in [1.165, 1.54) is 4.88 Å². The molecule has 0 aromatic carbocycles. The molecule has 1 unspecified atom stereocenters. The smallest absolute Gasteiger partial charge is 0.107 e. The molecule has 1 N–H and O–H groups in total. The Labute approximate surface area is 126 Å². The summed E-state index contributed by atoms with van der Waals surface area (Å²) in [5.41, 5.74) is 0. The second kappa shape index (κ2) is 7.22. The van der Waals surface area contributed by atoms with Crippen molar-refractivity contribution in [3.8, 4) is 0 Å². The topological polar surface area (TPSA) is 24.5 Å². The number of thiophene rings is 1. The molecule has 18 heavy (non-hydrogen) atoms. The molecular formula is C12H18BrClN2OS. The van der Waals surface area contributed by atoms with Gasteiger partial charge in [0.05, 0.1) is 13.2 Å². The van der Waals surface area contributed by atoms with Gasteiger partial charge in [-0.3, -0.25) is 4.90 Å². The molecule has 0 amide bonds. The van der Waals surface area contributed by atoms with Gasteiger partial charge < -0.3 is 10.1 Å². The fraction of sp³-hybridized carbons (Fsp3) is 0.667. The highest BCUT2D eigenvalue weighted by Gasteiger charge is 2.13. The normalized spacial score (nSPS) is 19.1. The van der Waals surface area contributed by atoms with Crippen molar-refractivity contribution < 1.29 is 4.74 Å². The molecule has 1 fully saturated rings. The lowest BCUT2D eigenvalue weighted by Gasteiger charge is -2.29. The lowest BCUT2D eigenvalue weighted by atomic mass is 10.3. The Balaban J connectivity index is 1.72. The van der Waals surface area contributed by atoms with Crippen LogP contribution in [-0.4, -0.2) is 43.8 Å². The van der Waals surface area contributed by atoms with E-state index >= 15 is 0 Å². The SMILES string of the molecule is CC(CN1CCOCC1)NCc1cc(Br)c(Cl)s1. The number of halogens is 2. The minimum Gasteiger partial charge on any atom is -0.379 e. The Kier molecular flexibility index (Phi) is 5.92. The lowest BCUT2D eigenvalue weighted by Crippen LogP contribution is -2.44. The first-order valence-corrected chi connectivity index (χ1v) is 8.11. The van der Waals surface area contributed by atoms with Gasteiger partial charge in [0.2, 0.25) is 0 Å². The zero-order valence-corrected chi connectivity index (χ0v) is 13.6. The molecule has 1 saturated heterocycles. The highest BCUT2D eigenvalue weighted by atomic mass is 79.9. The van der Waals surface area contributed by atoms with Gasteiger partial charge in [-0.1, -0.05) is 11.6 Å². The number of nitrogens with zero attached hydrogens (tertiary/aromatic N) is 1. The average Bonchev–Trinajstić information content (AvgIpc) is 2.68. The molecular weight excluding hydrogens is 336 g/mol. The van der Waals surface area contributed by atoms with Crippen LogP contribution in [0.1, 0.15) is 11.8 Å². The molecule has 102 valence electrons. The van der Waals surface area contributed by atoms with Crippen LogP contribution in [0.3, 0.4) is 0 Å². The van der Waals surface area contributed by atoms with Gasteiger partial charge in [-0.25, -0.2) is 0 Å². The van der Waals surface area contributed by atoms with Crippen molar-refractivity contribution in [3.63, 3.8) is 0 Å². The summed E-state index contributed by atoms with van der Waals surface area (Å²) in [6.07, 6.45) is 0. The molecule has 0 bridgehead atoms. The predicted molar refractivity (Wildman–Crippen MR) is 80.6 cm³/mol. The highest BCUT2D eigenvalue weighted by molar-refractivity contribution is 9.10. The second-order valence-electron chi connectivity index (χ2n) is 4.53. The lowest BCUT2D eigenvalue weighted by molar-refractivity contribution is 0.0343. The summed E-state index contributed by atoms with van der Waals surface area (Å²) in [5, 5.41) is 3.54. The number of hydrogen-bond donors (Lipinski definition) is 1. The molecule has 2 heterocycles. The number of morpholine rings is 1. The standard InChI is InChI=1S/C12H18BrClN2OS/c1-9(8-16-2-4-17-5-3-16)15-7-10-6-11(13)12(14)18-10/h6,9,15H,2-5,7-8H2,1H3. The summed E-state index contributed by atoms with van der Waals surface area (Å²) >= 11 is 11.1. The Morgan fingerprint density at radius 3 is 2.89 bits per heavy atom. The molecule has 0 saturated carbocycles. The molecule has 0 radical (unpaired) electrons. The number of nitrogens with one attached hydrogen (secondary N) is 1. The highest BCUT2D eigenvalue weighted by Crippen LogP contribution is 2.31. The molecule has 3 nitrogen and oxygen atoms in total. The molecule has 6 heteroatoms. The van der Waals surface area contributed by atoms with Crippen molar-refractivity contribution in [1.82, 2.24) is 10.2 Å². The van der Waals surface area contributed by atoms with Crippen LogP contribution in [0.2, 0.25) is 4.34 Å². The summed E-state index contributed by atoms with van der Waals surface area (Å²) in [4.78, 5) is 3.71. The summed E-state index contributed by atoms with van der Waals surface area (Å²) in [7, 11) is 0. The van der Waals surface area contributed by atoms with Gasteiger partial charge in [-0.05, 0) is 28.9 Å². The molecule has 1 aromatic heterocycles. The third-order valence-electron chi connectivity index (χ3n) is 2.96. The maximum Gasteiger partial charge on any atom is 0.107 e. The van der Waals surface area contributed by atoms with E-state index in [9.17, 15) is 0 Å². The van der Waals surface area contributed by atoms with Crippen LogP contribution >= 0.6 is 38.9 Å². The van der Waals surface area contributed by atoms with Crippen molar-refractivity contribution in [3.05, 3.63) is 19.8 Å². The van der Waals surface area contributed by atoms with Gasteiger partial charge in [0.15, 0.2) is 0 Å². The van der Waals surface area contributed by atoms with E-state index in [-0.39, 0.29) is 0 Å². The quantitative estimate of drug-likeness (QED) is 0.881. The number of ether oxygens (including phenoxy) is 1. The maximum atomic E-state index is 6.02. The van der Waals surface area contributed by atoms with Crippen LogP contribution in [0.5, 0.6) is 0 Å². The van der Waals surface area contributed by atoms with Crippen molar-refractivity contribution in [1.29, 1.82) is 0 Å². The van der Waals surface area contributed by atoms with Gasteiger partial charge in [-0.15, -0.1) is 11.3 Å². The molecule has 2 rings (SSSR count). The summed E-state index contributed by atoms with van der Waals surface area (Å²) in [5.74, 6) is 0. The first-order chi connectivity index (χ1) is 8.65. The Bertz CT molecular complexity index is 363. The van der Waals surface area contributed by atoms with E-state index in [0.717, 1.165) is 48.2 Å². The summed E-state index contributed by atoms with van der Waals surface area (Å²) in [6.45, 7) is 7.98. The third-order valence-corrected chi connectivity index (χ3v) is 5.43. The predicted octanol–water partition coefficient (Wildman–Crippen LogP) is 2.97. The largest absolute Gasteiger partial charge is 0.379 e.